The van der Waals surface area contributed by atoms with Gasteiger partial charge in [-0.25, -0.2) is 0 Å². The molecule has 0 unspecified atom stereocenters. The Morgan fingerprint density at radius 1 is 1.15 bits per heavy atom. The smallest absolute Gasteiger partial charge is 0.289 e. The van der Waals surface area contributed by atoms with Crippen LogP contribution in [0.2, 0.25) is 0 Å². The predicted molar refractivity (Wildman–Crippen MR) is 99.8 cm³/mol. The van der Waals surface area contributed by atoms with E-state index in [4.69, 9.17) is 21.2 Å². The predicted octanol–water partition coefficient (Wildman–Crippen LogP) is 4.17. The van der Waals surface area contributed by atoms with E-state index in [9.17, 15) is 13.6 Å². The Hall–Kier alpha value is -2.93. The van der Waals surface area contributed by atoms with E-state index in [1.165, 1.54) is 26.3 Å². The molecule has 0 saturated heterocycles. The summed E-state index contributed by atoms with van der Waals surface area (Å²) in [5.74, 6) is 0.0330. The van der Waals surface area contributed by atoms with Crippen molar-refractivity contribution in [1.29, 1.82) is 0 Å². The minimum absolute atomic E-state index is 0.148. The first-order valence-corrected chi connectivity index (χ1v) is 8.20. The molecular weight excluding hydrogens is 378 g/mol. The van der Waals surface area contributed by atoms with E-state index in [0.29, 0.717) is 11.3 Å². The SMILES string of the molecule is CNC(=O)/C(=N\OC)c1ccc(COc2cccc(C(Cl)=C(F)F)c2)cc1. The van der Waals surface area contributed by atoms with Crippen LogP contribution in [-0.2, 0) is 16.2 Å². The van der Waals surface area contributed by atoms with Gasteiger partial charge in [-0.15, -0.1) is 0 Å². The molecule has 0 bridgehead atoms. The minimum atomic E-state index is -1.95. The molecule has 0 atom stereocenters. The second-order valence-corrected chi connectivity index (χ2v) is 5.67. The van der Waals surface area contributed by atoms with E-state index in [2.05, 4.69) is 10.5 Å². The first-order chi connectivity index (χ1) is 13.0. The molecule has 2 aromatic rings. The minimum Gasteiger partial charge on any atom is -0.489 e. The van der Waals surface area contributed by atoms with Gasteiger partial charge in [-0.05, 0) is 17.7 Å². The van der Waals surface area contributed by atoms with Gasteiger partial charge in [0.05, 0.1) is 0 Å². The molecule has 1 amide bonds. The summed E-state index contributed by atoms with van der Waals surface area (Å²) >= 11 is 5.56. The molecule has 5 nitrogen and oxygen atoms in total. The molecule has 2 aromatic carbocycles. The van der Waals surface area contributed by atoms with Crippen LogP contribution in [0.1, 0.15) is 16.7 Å². The summed E-state index contributed by atoms with van der Waals surface area (Å²) in [7, 11) is 2.86. The average molecular weight is 395 g/mol. The molecular formula is C19H17ClF2N2O3. The van der Waals surface area contributed by atoms with Gasteiger partial charge in [0.2, 0.25) is 0 Å². The first kappa shape index (κ1) is 20.4. The van der Waals surface area contributed by atoms with Gasteiger partial charge in [-0.3, -0.25) is 4.79 Å². The van der Waals surface area contributed by atoms with E-state index < -0.39 is 11.1 Å². The number of nitrogens with one attached hydrogen (secondary N) is 1. The average Bonchev–Trinajstić information content (AvgIpc) is 2.70. The molecule has 142 valence electrons. The lowest BCUT2D eigenvalue weighted by molar-refractivity contribution is -0.114. The Bertz CT molecular complexity index is 864. The first-order valence-electron chi connectivity index (χ1n) is 7.82. The molecule has 1 N–H and O–H groups in total. The summed E-state index contributed by atoms with van der Waals surface area (Å²) in [5, 5.41) is 5.61. The summed E-state index contributed by atoms with van der Waals surface area (Å²) in [5.41, 5.74) is 1.72. The van der Waals surface area contributed by atoms with Crippen molar-refractivity contribution in [2.75, 3.05) is 14.2 Å². The molecule has 0 heterocycles. The topological polar surface area (TPSA) is 59.9 Å². The molecule has 0 radical (unpaired) electrons. The number of halogens is 3. The standard InChI is InChI=1S/C19H17ClF2N2O3/c1-23-19(25)17(24-26-2)13-8-6-12(7-9-13)11-27-15-5-3-4-14(10-15)16(20)18(21)22/h3-10H,11H2,1-2H3,(H,23,25)/b24-17-. The second kappa shape index (κ2) is 9.68. The van der Waals surface area contributed by atoms with E-state index >= 15 is 0 Å². The number of hydrogen-bond acceptors (Lipinski definition) is 4. The third-order valence-corrected chi connectivity index (χ3v) is 3.87. The molecule has 0 aromatic heterocycles. The Morgan fingerprint density at radius 2 is 1.85 bits per heavy atom. The maximum Gasteiger partial charge on any atom is 0.289 e. The van der Waals surface area contributed by atoms with Gasteiger partial charge in [0, 0.05) is 18.2 Å². The second-order valence-electron chi connectivity index (χ2n) is 5.29. The van der Waals surface area contributed by atoms with Crippen LogP contribution in [-0.4, -0.2) is 25.8 Å². The zero-order chi connectivity index (χ0) is 19.8. The number of carbonyl (C=O) groups excluding carboxylic acids is 1. The molecule has 0 saturated carbocycles. The quantitative estimate of drug-likeness (QED) is 0.566. The Kier molecular flexibility index (Phi) is 7.31. The maximum atomic E-state index is 12.6. The molecule has 8 heteroatoms. The molecule has 2 rings (SSSR count). The van der Waals surface area contributed by atoms with Crippen molar-refractivity contribution in [2.45, 2.75) is 6.61 Å². The summed E-state index contributed by atoms with van der Waals surface area (Å²) in [4.78, 5) is 16.5. The number of benzene rings is 2. The van der Waals surface area contributed by atoms with Gasteiger partial charge in [0.15, 0.2) is 5.71 Å². The molecule has 0 fully saturated rings. The molecule has 27 heavy (non-hydrogen) atoms. The number of hydrogen-bond donors (Lipinski definition) is 1. The van der Waals surface area contributed by atoms with Gasteiger partial charge in [-0.2, -0.15) is 8.78 Å². The summed E-state index contributed by atoms with van der Waals surface area (Å²) < 4.78 is 30.8. The third kappa shape index (κ3) is 5.52. The highest BCUT2D eigenvalue weighted by Crippen LogP contribution is 2.27. The van der Waals surface area contributed by atoms with E-state index in [-0.39, 0.29) is 23.8 Å². The van der Waals surface area contributed by atoms with Crippen molar-refractivity contribution >= 4 is 28.3 Å². The number of amides is 1. The van der Waals surface area contributed by atoms with Crippen LogP contribution in [0.4, 0.5) is 8.78 Å². The van der Waals surface area contributed by atoms with Crippen LogP contribution in [0.5, 0.6) is 5.75 Å². The van der Waals surface area contributed by atoms with E-state index in [1.54, 1.807) is 36.4 Å². The van der Waals surface area contributed by atoms with Crippen LogP contribution < -0.4 is 10.1 Å². The number of carbonyl (C=O) groups is 1. The highest BCUT2D eigenvalue weighted by molar-refractivity contribution is 6.49. The zero-order valence-corrected chi connectivity index (χ0v) is 15.4. The van der Waals surface area contributed by atoms with Crippen LogP contribution in [0.15, 0.2) is 59.8 Å². The highest BCUT2D eigenvalue weighted by atomic mass is 35.5. The van der Waals surface area contributed by atoms with Crippen LogP contribution >= 0.6 is 11.6 Å². The van der Waals surface area contributed by atoms with Crippen molar-refractivity contribution in [2.24, 2.45) is 5.16 Å². The Labute approximate surface area is 160 Å². The highest BCUT2D eigenvalue weighted by Gasteiger charge is 2.13. The largest absolute Gasteiger partial charge is 0.489 e. The maximum absolute atomic E-state index is 12.6. The summed E-state index contributed by atoms with van der Waals surface area (Å²) in [6, 6.07) is 13.1. The van der Waals surface area contributed by atoms with Gasteiger partial charge >= 0.3 is 0 Å². The van der Waals surface area contributed by atoms with Gasteiger partial charge in [-0.1, -0.05) is 53.2 Å². The van der Waals surface area contributed by atoms with Crippen LogP contribution in [0.3, 0.4) is 0 Å². The van der Waals surface area contributed by atoms with Crippen molar-refractivity contribution in [1.82, 2.24) is 5.32 Å². The van der Waals surface area contributed by atoms with E-state index in [1.807, 2.05) is 0 Å². The van der Waals surface area contributed by atoms with Gasteiger partial charge in [0.25, 0.3) is 12.0 Å². The number of ether oxygens (including phenoxy) is 1. The number of nitrogens with zero attached hydrogens (tertiary/aromatic N) is 1. The lowest BCUT2D eigenvalue weighted by Crippen LogP contribution is -2.28. The monoisotopic (exact) mass is 394 g/mol. The lowest BCUT2D eigenvalue weighted by Gasteiger charge is -2.09. The van der Waals surface area contributed by atoms with Crippen molar-refractivity contribution in [3.05, 3.63) is 71.3 Å². The van der Waals surface area contributed by atoms with Crippen molar-refractivity contribution in [3.8, 4) is 5.75 Å². The van der Waals surface area contributed by atoms with Crippen LogP contribution in [0, 0.1) is 0 Å². The fourth-order valence-corrected chi connectivity index (χ4v) is 2.31. The van der Waals surface area contributed by atoms with Gasteiger partial charge in [0.1, 0.15) is 24.5 Å². The fraction of sp³-hybridized carbons (Fsp3) is 0.158. The molecule has 0 aliphatic heterocycles. The number of oxime groups is 1. The zero-order valence-electron chi connectivity index (χ0n) is 14.6. The van der Waals surface area contributed by atoms with Crippen molar-refractivity contribution < 1.29 is 23.1 Å². The lowest BCUT2D eigenvalue weighted by atomic mass is 10.1. The Balaban J connectivity index is 2.10. The third-order valence-electron chi connectivity index (χ3n) is 3.51. The van der Waals surface area contributed by atoms with E-state index in [0.717, 1.165) is 5.56 Å². The summed E-state index contributed by atoms with van der Waals surface area (Å²) in [6.45, 7) is 0.208. The molecule has 0 aliphatic rings. The van der Waals surface area contributed by atoms with Gasteiger partial charge < -0.3 is 14.9 Å². The molecule has 0 aliphatic carbocycles. The van der Waals surface area contributed by atoms with Crippen molar-refractivity contribution in [3.63, 3.8) is 0 Å². The summed E-state index contributed by atoms with van der Waals surface area (Å²) in [6.07, 6.45) is -1.95. The fourth-order valence-electron chi connectivity index (χ4n) is 2.19. The molecule has 0 spiro atoms. The Morgan fingerprint density at radius 3 is 2.44 bits per heavy atom. The number of rotatable bonds is 7. The number of likely N-dealkylation sites (N-methyl/N-ethyl adjacent to an activating group) is 1. The van der Waals surface area contributed by atoms with Crippen LogP contribution in [0.25, 0.3) is 5.03 Å². The normalized spacial score (nSPS) is 10.9.